The summed E-state index contributed by atoms with van der Waals surface area (Å²) >= 11 is 1.38. The molecule has 0 atom stereocenters. The monoisotopic (exact) mass is 502 g/mol. The van der Waals surface area contributed by atoms with Crippen LogP contribution in [0.3, 0.4) is 0 Å². The summed E-state index contributed by atoms with van der Waals surface area (Å²) in [6.07, 6.45) is -2.92. The maximum absolute atomic E-state index is 12.9. The van der Waals surface area contributed by atoms with E-state index < -0.39 is 11.7 Å². The van der Waals surface area contributed by atoms with Gasteiger partial charge in [0.25, 0.3) is 5.91 Å². The molecule has 2 amide bonds. The molecule has 1 aliphatic rings. The second-order valence-corrected chi connectivity index (χ2v) is 9.35. The molecule has 9 heteroatoms. The molecule has 0 aliphatic carbocycles. The fraction of sp³-hybridized carbons (Fsp3) is 0.308. The number of halogens is 3. The van der Waals surface area contributed by atoms with Crippen LogP contribution in [0.15, 0.2) is 60.0 Å². The summed E-state index contributed by atoms with van der Waals surface area (Å²) < 4.78 is 43.9. The van der Waals surface area contributed by atoms with Gasteiger partial charge in [0.05, 0.1) is 19.1 Å². The zero-order valence-corrected chi connectivity index (χ0v) is 19.9. The molecular formula is C26H25F3N2O3S. The summed E-state index contributed by atoms with van der Waals surface area (Å²) in [5, 5.41) is 4.59. The Morgan fingerprint density at radius 2 is 1.80 bits per heavy atom. The number of amides is 2. The highest BCUT2D eigenvalue weighted by molar-refractivity contribution is 7.12. The predicted molar refractivity (Wildman–Crippen MR) is 129 cm³/mol. The van der Waals surface area contributed by atoms with E-state index in [0.717, 1.165) is 30.5 Å². The molecule has 0 unspecified atom stereocenters. The average molecular weight is 503 g/mol. The Morgan fingerprint density at radius 1 is 1.09 bits per heavy atom. The van der Waals surface area contributed by atoms with Crippen molar-refractivity contribution >= 4 is 28.8 Å². The number of hydrogen-bond acceptors (Lipinski definition) is 4. The van der Waals surface area contributed by atoms with Crippen LogP contribution in [0.25, 0.3) is 0 Å². The number of thiophene rings is 1. The first-order chi connectivity index (χ1) is 16.7. The van der Waals surface area contributed by atoms with Gasteiger partial charge in [0, 0.05) is 18.8 Å². The molecule has 184 valence electrons. The maximum atomic E-state index is 12.9. The maximum Gasteiger partial charge on any atom is 0.416 e. The SMILES string of the molecule is COc1ccsc1C(=O)N1CCC(c2ccc(NC(=O)Cc3cccc(C(F)(F)F)c3)cc2)CC1. The summed E-state index contributed by atoms with van der Waals surface area (Å²) in [7, 11) is 1.56. The molecule has 1 aromatic heterocycles. The summed E-state index contributed by atoms with van der Waals surface area (Å²) in [6.45, 7) is 1.31. The molecule has 1 saturated heterocycles. The second-order valence-electron chi connectivity index (χ2n) is 8.43. The molecule has 0 spiro atoms. The van der Waals surface area contributed by atoms with Gasteiger partial charge in [-0.25, -0.2) is 0 Å². The van der Waals surface area contributed by atoms with Gasteiger partial charge in [-0.2, -0.15) is 13.2 Å². The average Bonchev–Trinajstić information content (AvgIpc) is 3.33. The molecule has 1 aliphatic heterocycles. The first-order valence-corrected chi connectivity index (χ1v) is 12.1. The lowest BCUT2D eigenvalue weighted by atomic mass is 9.89. The largest absolute Gasteiger partial charge is 0.495 e. The van der Waals surface area contributed by atoms with Crippen LogP contribution >= 0.6 is 11.3 Å². The fourth-order valence-electron chi connectivity index (χ4n) is 4.26. The van der Waals surface area contributed by atoms with Crippen molar-refractivity contribution < 1.29 is 27.5 Å². The quantitative estimate of drug-likeness (QED) is 0.451. The van der Waals surface area contributed by atoms with Gasteiger partial charge in [-0.1, -0.05) is 30.3 Å². The number of benzene rings is 2. The van der Waals surface area contributed by atoms with Crippen LogP contribution in [0, 0.1) is 0 Å². The van der Waals surface area contributed by atoms with Gasteiger partial charge in [0.2, 0.25) is 5.91 Å². The zero-order chi connectivity index (χ0) is 25.0. The third-order valence-electron chi connectivity index (χ3n) is 6.11. The molecule has 1 N–H and O–H groups in total. The standard InChI is InChI=1S/C26H25F3N2O3S/c1-34-22-11-14-35-24(22)25(33)31-12-9-19(10-13-31)18-5-7-21(8-6-18)30-23(32)16-17-3-2-4-20(15-17)26(27,28)29/h2-8,11,14-15,19H,9-10,12-13,16H2,1H3,(H,30,32). The summed E-state index contributed by atoms with van der Waals surface area (Å²) in [5.41, 5.74) is 1.25. The summed E-state index contributed by atoms with van der Waals surface area (Å²) in [4.78, 5) is 27.6. The van der Waals surface area contributed by atoms with Crippen LogP contribution in [-0.4, -0.2) is 36.9 Å². The molecule has 5 nitrogen and oxygen atoms in total. The molecule has 4 rings (SSSR count). The molecule has 2 heterocycles. The molecule has 35 heavy (non-hydrogen) atoms. The highest BCUT2D eigenvalue weighted by Crippen LogP contribution is 2.32. The van der Waals surface area contributed by atoms with E-state index >= 15 is 0 Å². The third-order valence-corrected chi connectivity index (χ3v) is 6.99. The topological polar surface area (TPSA) is 58.6 Å². The van der Waals surface area contributed by atoms with Gasteiger partial charge in [-0.3, -0.25) is 9.59 Å². The number of anilines is 1. The Kier molecular flexibility index (Phi) is 7.45. The number of hydrogen-bond donors (Lipinski definition) is 1. The third kappa shape index (κ3) is 6.03. The van der Waals surface area contributed by atoms with Gasteiger partial charge >= 0.3 is 6.18 Å². The Morgan fingerprint density at radius 3 is 2.46 bits per heavy atom. The van der Waals surface area contributed by atoms with E-state index in [1.54, 1.807) is 25.3 Å². The van der Waals surface area contributed by atoms with Gasteiger partial charge < -0.3 is 15.0 Å². The number of piperidine rings is 1. The number of rotatable bonds is 6. The normalized spacial score (nSPS) is 14.6. The molecule has 2 aromatic carbocycles. The van der Waals surface area contributed by atoms with Crippen LogP contribution < -0.4 is 10.1 Å². The van der Waals surface area contributed by atoms with Crippen molar-refractivity contribution in [2.75, 3.05) is 25.5 Å². The van der Waals surface area contributed by atoms with Gasteiger partial charge in [-0.05, 0) is 59.5 Å². The number of carbonyl (C=O) groups excluding carboxylic acids is 2. The van der Waals surface area contributed by atoms with E-state index in [4.69, 9.17) is 4.74 Å². The number of ether oxygens (including phenoxy) is 1. The van der Waals surface area contributed by atoms with E-state index in [-0.39, 0.29) is 18.2 Å². The Labute approximate surface area is 205 Å². The van der Waals surface area contributed by atoms with E-state index in [2.05, 4.69) is 5.32 Å². The van der Waals surface area contributed by atoms with Crippen molar-refractivity contribution in [3.05, 3.63) is 81.5 Å². The fourth-order valence-corrected chi connectivity index (χ4v) is 5.09. The number of likely N-dealkylation sites (tertiary alicyclic amines) is 1. The summed E-state index contributed by atoms with van der Waals surface area (Å²) in [6, 6.07) is 14.1. The van der Waals surface area contributed by atoms with Crippen LogP contribution in [-0.2, 0) is 17.4 Å². The van der Waals surface area contributed by atoms with E-state index in [9.17, 15) is 22.8 Å². The molecule has 0 saturated carbocycles. The number of nitrogens with one attached hydrogen (secondary N) is 1. The highest BCUT2D eigenvalue weighted by atomic mass is 32.1. The summed E-state index contributed by atoms with van der Waals surface area (Å²) in [5.74, 6) is 0.522. The molecule has 0 bridgehead atoms. The van der Waals surface area contributed by atoms with Crippen molar-refractivity contribution in [3.63, 3.8) is 0 Å². The first-order valence-electron chi connectivity index (χ1n) is 11.2. The lowest BCUT2D eigenvalue weighted by Gasteiger charge is -2.32. The minimum absolute atomic E-state index is 0.00543. The number of alkyl halides is 3. The Hall–Kier alpha value is -3.33. The van der Waals surface area contributed by atoms with Crippen molar-refractivity contribution in [1.29, 1.82) is 0 Å². The first kappa shape index (κ1) is 24.8. The van der Waals surface area contributed by atoms with Crippen molar-refractivity contribution in [2.24, 2.45) is 0 Å². The molecule has 3 aromatic rings. The number of methoxy groups -OCH3 is 1. The Balaban J connectivity index is 1.30. The predicted octanol–water partition coefficient (Wildman–Crippen LogP) is 5.98. The van der Waals surface area contributed by atoms with Crippen molar-refractivity contribution in [1.82, 2.24) is 4.90 Å². The smallest absolute Gasteiger partial charge is 0.416 e. The minimum Gasteiger partial charge on any atom is -0.495 e. The van der Waals surface area contributed by atoms with Gasteiger partial charge in [-0.15, -0.1) is 11.3 Å². The lowest BCUT2D eigenvalue weighted by molar-refractivity contribution is -0.137. The van der Waals surface area contributed by atoms with Crippen molar-refractivity contribution in [2.45, 2.75) is 31.4 Å². The van der Waals surface area contributed by atoms with Gasteiger partial charge in [0.15, 0.2) is 0 Å². The highest BCUT2D eigenvalue weighted by Gasteiger charge is 2.30. The van der Waals surface area contributed by atoms with Gasteiger partial charge in [0.1, 0.15) is 10.6 Å². The van der Waals surface area contributed by atoms with E-state index in [1.807, 2.05) is 22.4 Å². The molecule has 1 fully saturated rings. The van der Waals surface area contributed by atoms with E-state index in [1.165, 1.54) is 23.5 Å². The number of nitrogens with zero attached hydrogens (tertiary/aromatic N) is 1. The minimum atomic E-state index is -4.44. The zero-order valence-electron chi connectivity index (χ0n) is 19.1. The van der Waals surface area contributed by atoms with Crippen LogP contribution in [0.4, 0.5) is 18.9 Å². The van der Waals surface area contributed by atoms with E-state index in [0.29, 0.717) is 40.9 Å². The molecular weight excluding hydrogens is 477 g/mol. The second kappa shape index (κ2) is 10.5. The number of carbonyl (C=O) groups is 2. The van der Waals surface area contributed by atoms with Crippen LogP contribution in [0.2, 0.25) is 0 Å². The van der Waals surface area contributed by atoms with Crippen LogP contribution in [0.1, 0.15) is 45.1 Å². The van der Waals surface area contributed by atoms with Crippen LogP contribution in [0.5, 0.6) is 5.75 Å². The lowest BCUT2D eigenvalue weighted by Crippen LogP contribution is -2.37. The van der Waals surface area contributed by atoms with Crippen molar-refractivity contribution in [3.8, 4) is 5.75 Å². The molecule has 0 radical (unpaired) electrons. The Bertz CT molecular complexity index is 1180.